The fraction of sp³-hybridized carbons (Fsp3) is 0.565. The number of nitrogens with zero attached hydrogens (tertiary/aromatic N) is 7. The molecule has 4 heterocycles. The van der Waals surface area contributed by atoms with Crippen molar-refractivity contribution in [2.45, 2.75) is 71.8 Å². The van der Waals surface area contributed by atoms with Gasteiger partial charge in [-0.25, -0.2) is 14.6 Å². The summed E-state index contributed by atoms with van der Waals surface area (Å²) in [6.45, 7) is 9.30. The number of likely N-dealkylation sites (tertiary alicyclic amines) is 1. The Bertz CT molecular complexity index is 1240. The van der Waals surface area contributed by atoms with Crippen LogP contribution in [-0.4, -0.2) is 58.4 Å². The lowest BCUT2D eigenvalue weighted by molar-refractivity contribution is -0.131. The van der Waals surface area contributed by atoms with Crippen molar-refractivity contribution >= 4 is 18.1 Å². The number of H-pyrrole nitrogens is 1. The Labute approximate surface area is 198 Å². The first-order valence-electron chi connectivity index (χ1n) is 11.6. The smallest absolute Gasteiger partial charge is 0.251 e. The summed E-state index contributed by atoms with van der Waals surface area (Å²) in [5.41, 5.74) is 4.51. The third kappa shape index (κ3) is 4.23. The van der Waals surface area contributed by atoms with Gasteiger partial charge in [0.1, 0.15) is 5.82 Å². The second kappa shape index (κ2) is 8.48. The lowest BCUT2D eigenvalue weighted by atomic mass is 9.95. The van der Waals surface area contributed by atoms with Gasteiger partial charge in [0.2, 0.25) is 5.91 Å². The highest BCUT2D eigenvalue weighted by atomic mass is 32.1. The van der Waals surface area contributed by atoms with Crippen LogP contribution in [0.25, 0.3) is 5.95 Å². The summed E-state index contributed by atoms with van der Waals surface area (Å²) in [6.07, 6.45) is 4.51. The monoisotopic (exact) mass is 466 g/mol. The second-order valence-corrected chi connectivity index (χ2v) is 9.72. The van der Waals surface area contributed by atoms with Gasteiger partial charge < -0.3 is 9.47 Å². The number of piperidine rings is 1. The minimum Gasteiger partial charge on any atom is -0.342 e. The molecule has 0 atom stereocenters. The van der Waals surface area contributed by atoms with E-state index in [1.807, 2.05) is 38.7 Å². The fourth-order valence-electron chi connectivity index (χ4n) is 4.87. The number of aryl methyl sites for hydroxylation is 3. The highest BCUT2D eigenvalue weighted by Gasteiger charge is 2.33. The van der Waals surface area contributed by atoms with E-state index in [1.54, 1.807) is 4.68 Å². The summed E-state index contributed by atoms with van der Waals surface area (Å²) in [4.78, 5) is 24.2. The first-order chi connectivity index (χ1) is 15.8. The highest BCUT2D eigenvalue weighted by molar-refractivity contribution is 7.71. The van der Waals surface area contributed by atoms with Crippen LogP contribution >= 0.6 is 12.2 Å². The molecule has 0 radical (unpaired) electrons. The molecule has 10 heteroatoms. The Hall–Kier alpha value is -2.88. The minimum atomic E-state index is 0.140. The molecule has 1 aliphatic heterocycles. The van der Waals surface area contributed by atoms with E-state index in [0.717, 1.165) is 64.9 Å². The molecule has 0 spiro atoms. The van der Waals surface area contributed by atoms with Crippen molar-refractivity contribution in [2.75, 3.05) is 13.1 Å². The molecule has 1 saturated carbocycles. The van der Waals surface area contributed by atoms with Crippen molar-refractivity contribution in [3.05, 3.63) is 45.0 Å². The summed E-state index contributed by atoms with van der Waals surface area (Å²) in [5, 5.41) is 12.1. The third-order valence-electron chi connectivity index (χ3n) is 6.79. The van der Waals surface area contributed by atoms with Crippen LogP contribution in [0.3, 0.4) is 0 Å². The molecule has 3 aromatic heterocycles. The second-order valence-electron chi connectivity index (χ2n) is 9.33. The average molecular weight is 467 g/mol. The van der Waals surface area contributed by atoms with E-state index in [9.17, 15) is 4.79 Å². The molecule has 33 heavy (non-hydrogen) atoms. The van der Waals surface area contributed by atoms with Gasteiger partial charge in [0.15, 0.2) is 4.77 Å². The van der Waals surface area contributed by atoms with Crippen LogP contribution in [0.2, 0.25) is 0 Å². The number of hydrogen-bond acceptors (Lipinski definition) is 6. The Morgan fingerprint density at radius 2 is 1.76 bits per heavy atom. The molecule has 9 nitrogen and oxygen atoms in total. The lowest BCUT2D eigenvalue weighted by Gasteiger charge is -2.32. The Kier molecular flexibility index (Phi) is 5.64. The summed E-state index contributed by atoms with van der Waals surface area (Å²) in [6, 6.07) is 2.45. The average Bonchev–Trinajstić information content (AvgIpc) is 3.49. The van der Waals surface area contributed by atoms with Gasteiger partial charge in [-0.3, -0.25) is 9.89 Å². The number of carbonyl (C=O) groups is 1. The lowest BCUT2D eigenvalue weighted by Crippen LogP contribution is -2.39. The standard InChI is InChI=1S/C23H30N8OS/c1-13-11-14(2)25-22(24-13)31-16(4)19(15(3)28-31)12-20(32)29-9-7-17(8-10-29)21-26-27-23(33)30(21)18-5-6-18/h11,17-18H,5-10,12H2,1-4H3,(H,27,33). The Morgan fingerprint density at radius 3 is 2.39 bits per heavy atom. The maximum Gasteiger partial charge on any atom is 0.251 e. The Balaban J connectivity index is 1.27. The molecule has 0 unspecified atom stereocenters. The van der Waals surface area contributed by atoms with Gasteiger partial charge in [-0.1, -0.05) is 0 Å². The summed E-state index contributed by atoms with van der Waals surface area (Å²) in [5.74, 6) is 2.10. The normalized spacial score (nSPS) is 17.0. The number of carbonyl (C=O) groups excluding carboxylic acids is 1. The van der Waals surface area contributed by atoms with Gasteiger partial charge in [0, 0.05) is 47.7 Å². The molecule has 1 N–H and O–H groups in total. The van der Waals surface area contributed by atoms with E-state index in [4.69, 9.17) is 12.2 Å². The first-order valence-corrected chi connectivity index (χ1v) is 12.0. The zero-order chi connectivity index (χ0) is 23.3. The quantitative estimate of drug-likeness (QED) is 0.579. The van der Waals surface area contributed by atoms with E-state index in [2.05, 4.69) is 29.8 Å². The Morgan fingerprint density at radius 1 is 1.09 bits per heavy atom. The van der Waals surface area contributed by atoms with Crippen molar-refractivity contribution in [3.8, 4) is 5.95 Å². The van der Waals surface area contributed by atoms with E-state index < -0.39 is 0 Å². The van der Waals surface area contributed by atoms with Crippen LogP contribution in [0.1, 0.15) is 71.8 Å². The number of aromatic amines is 1. The number of aromatic nitrogens is 7. The first kappa shape index (κ1) is 21.9. The molecule has 1 aliphatic carbocycles. The number of hydrogen-bond donors (Lipinski definition) is 1. The highest BCUT2D eigenvalue weighted by Crippen LogP contribution is 2.39. The largest absolute Gasteiger partial charge is 0.342 e. The maximum absolute atomic E-state index is 13.2. The van der Waals surface area contributed by atoms with Gasteiger partial charge in [-0.15, -0.1) is 0 Å². The topological polar surface area (TPSA) is 97.5 Å². The minimum absolute atomic E-state index is 0.140. The molecule has 3 aromatic rings. The zero-order valence-electron chi connectivity index (χ0n) is 19.6. The van der Waals surface area contributed by atoms with Crippen molar-refractivity contribution in [3.63, 3.8) is 0 Å². The van der Waals surface area contributed by atoms with Crippen molar-refractivity contribution < 1.29 is 4.79 Å². The van der Waals surface area contributed by atoms with E-state index in [1.165, 1.54) is 12.8 Å². The molecule has 174 valence electrons. The molecule has 2 aliphatic rings. The van der Waals surface area contributed by atoms with Crippen LogP contribution in [0.15, 0.2) is 6.07 Å². The molecule has 0 aromatic carbocycles. The van der Waals surface area contributed by atoms with Crippen molar-refractivity contribution in [2.24, 2.45) is 0 Å². The number of nitrogens with one attached hydrogen (secondary N) is 1. The number of amides is 1. The zero-order valence-corrected chi connectivity index (χ0v) is 20.4. The predicted octanol–water partition coefficient (Wildman–Crippen LogP) is 3.43. The molecule has 0 bridgehead atoms. The summed E-state index contributed by atoms with van der Waals surface area (Å²) < 4.78 is 4.68. The van der Waals surface area contributed by atoms with Crippen LogP contribution < -0.4 is 0 Å². The maximum atomic E-state index is 13.2. The fourth-order valence-corrected chi connectivity index (χ4v) is 5.16. The van der Waals surface area contributed by atoms with Gasteiger partial charge in [-0.2, -0.15) is 10.2 Å². The van der Waals surface area contributed by atoms with Crippen LogP contribution in [-0.2, 0) is 11.2 Å². The van der Waals surface area contributed by atoms with Crippen molar-refractivity contribution in [1.82, 2.24) is 39.4 Å². The third-order valence-corrected chi connectivity index (χ3v) is 7.07. The predicted molar refractivity (Wildman–Crippen MR) is 126 cm³/mol. The molecular weight excluding hydrogens is 436 g/mol. The van der Waals surface area contributed by atoms with Gasteiger partial charge in [0.05, 0.1) is 12.1 Å². The van der Waals surface area contributed by atoms with Crippen LogP contribution in [0.4, 0.5) is 0 Å². The van der Waals surface area contributed by atoms with E-state index in [-0.39, 0.29) is 5.91 Å². The summed E-state index contributed by atoms with van der Waals surface area (Å²) in [7, 11) is 0. The number of rotatable bonds is 5. The molecule has 5 rings (SSSR count). The van der Waals surface area contributed by atoms with Gasteiger partial charge in [0.25, 0.3) is 5.95 Å². The van der Waals surface area contributed by atoms with Gasteiger partial charge >= 0.3 is 0 Å². The van der Waals surface area contributed by atoms with Gasteiger partial charge in [-0.05, 0) is 71.7 Å². The molecule has 1 amide bonds. The van der Waals surface area contributed by atoms with E-state index in [0.29, 0.717) is 24.3 Å². The van der Waals surface area contributed by atoms with Crippen molar-refractivity contribution in [1.29, 1.82) is 0 Å². The molecule has 2 fully saturated rings. The molecule has 1 saturated heterocycles. The van der Waals surface area contributed by atoms with Crippen LogP contribution in [0.5, 0.6) is 0 Å². The molecular formula is C23H30N8OS. The summed E-state index contributed by atoms with van der Waals surface area (Å²) >= 11 is 5.44. The SMILES string of the molecule is Cc1cc(C)nc(-n2nc(C)c(CC(=O)N3CCC(c4n[nH]c(=S)n4C4CC4)CC3)c2C)n1. The van der Waals surface area contributed by atoms with Crippen LogP contribution in [0, 0.1) is 32.5 Å². The van der Waals surface area contributed by atoms with E-state index >= 15 is 0 Å².